The highest BCUT2D eigenvalue weighted by Crippen LogP contribution is 2.27. The number of nitrogens with one attached hydrogen (secondary N) is 1. The van der Waals surface area contributed by atoms with Gasteiger partial charge in [0.2, 0.25) is 5.76 Å². The van der Waals surface area contributed by atoms with Crippen molar-refractivity contribution < 1.29 is 18.7 Å². The van der Waals surface area contributed by atoms with Gasteiger partial charge in [-0.15, -0.1) is 0 Å². The van der Waals surface area contributed by atoms with Crippen molar-refractivity contribution >= 4 is 23.2 Å². The van der Waals surface area contributed by atoms with Gasteiger partial charge >= 0.3 is 10.8 Å². The summed E-state index contributed by atoms with van der Waals surface area (Å²) in [5.74, 6) is 0.317. The number of furan rings is 1. The summed E-state index contributed by atoms with van der Waals surface area (Å²) in [6, 6.07) is 3.11. The third-order valence-electron chi connectivity index (χ3n) is 3.96. The highest BCUT2D eigenvalue weighted by Gasteiger charge is 2.24. The molecule has 2 heterocycles. The second-order valence-corrected chi connectivity index (χ2v) is 6.74. The first-order valence-electron chi connectivity index (χ1n) is 7.65. The third-order valence-corrected chi connectivity index (χ3v) is 5.04. The Morgan fingerprint density at radius 1 is 1.42 bits per heavy atom. The Balaban J connectivity index is 1.76. The first-order valence-corrected chi connectivity index (χ1v) is 8.46. The largest absolute Gasteiger partial charge is 0.463 e. The van der Waals surface area contributed by atoms with E-state index >= 15 is 0 Å². The zero-order chi connectivity index (χ0) is 17.3. The third kappa shape index (κ3) is 3.43. The molecule has 7 nitrogen and oxygen atoms in total. The van der Waals surface area contributed by atoms with Gasteiger partial charge in [-0.05, 0) is 37.8 Å². The van der Waals surface area contributed by atoms with Crippen molar-refractivity contribution in [2.24, 2.45) is 5.92 Å². The number of hydrogen-bond acceptors (Lipinski definition) is 6. The van der Waals surface area contributed by atoms with Crippen molar-refractivity contribution in [3.05, 3.63) is 43.9 Å². The van der Waals surface area contributed by atoms with Crippen LogP contribution >= 0.6 is 11.3 Å². The Kier molecular flexibility index (Phi) is 4.57. The summed E-state index contributed by atoms with van der Waals surface area (Å²) in [7, 11) is 1.27. The molecular weight excluding hydrogens is 332 g/mol. The number of methoxy groups -OCH3 is 1. The maximum Gasteiger partial charge on any atom is 0.373 e. The number of esters is 1. The molecule has 3 rings (SSSR count). The number of amides is 1. The van der Waals surface area contributed by atoms with Gasteiger partial charge in [0.25, 0.3) is 5.91 Å². The van der Waals surface area contributed by atoms with Crippen molar-refractivity contribution in [2.45, 2.75) is 26.3 Å². The van der Waals surface area contributed by atoms with Crippen LogP contribution in [0.2, 0.25) is 0 Å². The number of nitrogens with zero attached hydrogens (tertiary/aromatic N) is 1. The summed E-state index contributed by atoms with van der Waals surface area (Å²) >= 11 is 0.920. The number of ether oxygens (including phenoxy) is 1. The molecule has 0 saturated heterocycles. The van der Waals surface area contributed by atoms with Gasteiger partial charge < -0.3 is 14.5 Å². The van der Waals surface area contributed by atoms with Crippen LogP contribution in [0.15, 0.2) is 21.3 Å². The minimum atomic E-state index is -0.573. The fourth-order valence-electron chi connectivity index (χ4n) is 2.34. The number of thiazole rings is 1. The Labute approximate surface area is 142 Å². The van der Waals surface area contributed by atoms with Gasteiger partial charge in [0.05, 0.1) is 13.7 Å². The SMILES string of the molecule is COC(=O)c1ccc(Cn2c(C)c(C(=O)NCC3CC3)sc2=O)o1. The van der Waals surface area contributed by atoms with Crippen molar-refractivity contribution in [1.82, 2.24) is 9.88 Å². The van der Waals surface area contributed by atoms with E-state index in [1.165, 1.54) is 17.7 Å². The van der Waals surface area contributed by atoms with Crippen LogP contribution in [0.4, 0.5) is 0 Å². The monoisotopic (exact) mass is 350 g/mol. The number of aromatic nitrogens is 1. The highest BCUT2D eigenvalue weighted by atomic mass is 32.1. The second-order valence-electron chi connectivity index (χ2n) is 5.78. The molecule has 0 bridgehead atoms. The van der Waals surface area contributed by atoms with Gasteiger partial charge in [0.1, 0.15) is 10.6 Å². The lowest BCUT2D eigenvalue weighted by atomic mass is 10.3. The summed E-state index contributed by atoms with van der Waals surface area (Å²) in [4.78, 5) is 36.0. The molecule has 0 radical (unpaired) electrons. The van der Waals surface area contributed by atoms with E-state index < -0.39 is 5.97 Å². The van der Waals surface area contributed by atoms with Gasteiger partial charge in [-0.1, -0.05) is 11.3 Å². The Morgan fingerprint density at radius 3 is 2.83 bits per heavy atom. The van der Waals surface area contributed by atoms with Crippen LogP contribution in [0.25, 0.3) is 0 Å². The highest BCUT2D eigenvalue weighted by molar-refractivity contribution is 7.11. The lowest BCUT2D eigenvalue weighted by molar-refractivity contribution is 0.0562. The molecule has 8 heteroatoms. The molecule has 2 aromatic heterocycles. The minimum Gasteiger partial charge on any atom is -0.463 e. The Morgan fingerprint density at radius 2 is 2.17 bits per heavy atom. The maximum absolute atomic E-state index is 12.2. The number of hydrogen-bond donors (Lipinski definition) is 1. The molecule has 0 aromatic carbocycles. The smallest absolute Gasteiger partial charge is 0.373 e. The van der Waals surface area contributed by atoms with E-state index in [-0.39, 0.29) is 23.1 Å². The van der Waals surface area contributed by atoms with E-state index in [0.29, 0.717) is 28.8 Å². The summed E-state index contributed by atoms with van der Waals surface area (Å²) in [5.41, 5.74) is 0.592. The maximum atomic E-state index is 12.2. The summed E-state index contributed by atoms with van der Waals surface area (Å²) < 4.78 is 11.4. The predicted molar refractivity (Wildman–Crippen MR) is 87.5 cm³/mol. The van der Waals surface area contributed by atoms with Crippen LogP contribution < -0.4 is 10.2 Å². The zero-order valence-electron chi connectivity index (χ0n) is 13.5. The standard InChI is InChI=1S/C16H18N2O5S/c1-9-13(14(19)17-7-10-3-4-10)24-16(21)18(9)8-11-5-6-12(23-11)15(20)22-2/h5-6,10H,3-4,7-8H2,1-2H3,(H,17,19). The molecule has 0 spiro atoms. The second kappa shape index (κ2) is 6.64. The first-order chi connectivity index (χ1) is 11.5. The van der Waals surface area contributed by atoms with Crippen LogP contribution in [-0.2, 0) is 11.3 Å². The van der Waals surface area contributed by atoms with Gasteiger partial charge in [-0.3, -0.25) is 14.2 Å². The Hall–Kier alpha value is -2.35. The molecule has 1 aliphatic rings. The zero-order valence-corrected chi connectivity index (χ0v) is 14.3. The topological polar surface area (TPSA) is 90.5 Å². The van der Waals surface area contributed by atoms with E-state index in [9.17, 15) is 14.4 Å². The molecule has 128 valence electrons. The molecule has 1 fully saturated rings. The Bertz CT molecular complexity index is 828. The number of carbonyl (C=O) groups excluding carboxylic acids is 2. The lowest BCUT2D eigenvalue weighted by Gasteiger charge is -2.05. The molecular formula is C16H18N2O5S. The van der Waals surface area contributed by atoms with Crippen molar-refractivity contribution in [1.29, 1.82) is 0 Å². The van der Waals surface area contributed by atoms with Crippen molar-refractivity contribution in [3.63, 3.8) is 0 Å². The molecule has 1 saturated carbocycles. The van der Waals surface area contributed by atoms with E-state index in [2.05, 4.69) is 10.1 Å². The van der Waals surface area contributed by atoms with Gasteiger partial charge in [0.15, 0.2) is 0 Å². The number of carbonyl (C=O) groups is 2. The lowest BCUT2D eigenvalue weighted by Crippen LogP contribution is -2.25. The fraction of sp³-hybridized carbons (Fsp3) is 0.438. The molecule has 1 N–H and O–H groups in total. The summed E-state index contributed by atoms with van der Waals surface area (Å²) in [6.45, 7) is 2.55. The molecule has 0 unspecified atom stereocenters. The number of rotatable bonds is 6. The van der Waals surface area contributed by atoms with Crippen LogP contribution in [0.1, 0.15) is 44.5 Å². The molecule has 0 aliphatic heterocycles. The van der Waals surface area contributed by atoms with Gasteiger partial charge in [-0.25, -0.2) is 4.79 Å². The van der Waals surface area contributed by atoms with Crippen LogP contribution in [0.3, 0.4) is 0 Å². The van der Waals surface area contributed by atoms with Gasteiger partial charge in [0, 0.05) is 12.2 Å². The van der Waals surface area contributed by atoms with Crippen LogP contribution in [-0.4, -0.2) is 30.1 Å². The molecule has 1 amide bonds. The predicted octanol–water partition coefficient (Wildman–Crippen LogP) is 1.79. The average molecular weight is 350 g/mol. The molecule has 0 atom stereocenters. The molecule has 24 heavy (non-hydrogen) atoms. The van der Waals surface area contributed by atoms with E-state index in [0.717, 1.165) is 24.2 Å². The molecule has 2 aromatic rings. The van der Waals surface area contributed by atoms with Crippen LogP contribution in [0.5, 0.6) is 0 Å². The van der Waals surface area contributed by atoms with Crippen molar-refractivity contribution in [2.75, 3.05) is 13.7 Å². The van der Waals surface area contributed by atoms with Crippen molar-refractivity contribution in [3.8, 4) is 0 Å². The van der Waals surface area contributed by atoms with Gasteiger partial charge in [-0.2, -0.15) is 0 Å². The van der Waals surface area contributed by atoms with E-state index in [1.807, 2.05) is 0 Å². The summed E-state index contributed by atoms with van der Waals surface area (Å²) in [5, 5.41) is 2.87. The fourth-order valence-corrected chi connectivity index (χ4v) is 3.25. The average Bonchev–Trinajstić information content (AvgIpc) is 3.22. The first kappa shape index (κ1) is 16.5. The quantitative estimate of drug-likeness (QED) is 0.802. The summed E-state index contributed by atoms with van der Waals surface area (Å²) in [6.07, 6.45) is 2.30. The van der Waals surface area contributed by atoms with E-state index in [1.54, 1.807) is 13.0 Å². The normalized spacial score (nSPS) is 13.8. The van der Waals surface area contributed by atoms with Crippen LogP contribution in [0, 0.1) is 12.8 Å². The minimum absolute atomic E-state index is 0.0795. The molecule has 1 aliphatic carbocycles. The van der Waals surface area contributed by atoms with E-state index in [4.69, 9.17) is 4.42 Å².